The second kappa shape index (κ2) is 6.80. The highest BCUT2D eigenvalue weighted by molar-refractivity contribution is 7.09. The molecule has 0 radical (unpaired) electrons. The molecule has 0 saturated carbocycles. The maximum atomic E-state index is 6.12. The summed E-state index contributed by atoms with van der Waals surface area (Å²) in [5, 5.41) is 6.50. The number of aryl methyl sites for hydroxylation is 2. The molecule has 2 aromatic heterocycles. The van der Waals surface area contributed by atoms with Gasteiger partial charge in [-0.2, -0.15) is 0 Å². The van der Waals surface area contributed by atoms with E-state index in [1.165, 1.54) is 5.01 Å². The second-order valence-corrected chi connectivity index (χ2v) is 8.80. The molecule has 0 unspecified atom stereocenters. The average Bonchev–Trinajstić information content (AvgIpc) is 3.21. The monoisotopic (exact) mass is 365 g/mol. The third kappa shape index (κ3) is 3.41. The molecule has 0 aromatic carbocycles. The Morgan fingerprint density at radius 1 is 1.29 bits per heavy atom. The fourth-order valence-corrected chi connectivity index (χ4v) is 5.05. The Balaban J connectivity index is 1.26. The van der Waals surface area contributed by atoms with Gasteiger partial charge in [-0.25, -0.2) is 9.97 Å². The molecule has 1 atom stereocenters. The van der Waals surface area contributed by atoms with Crippen LogP contribution in [0.3, 0.4) is 0 Å². The largest absolute Gasteiger partial charge is 0.375 e. The minimum atomic E-state index is 0.00426. The zero-order valence-electron chi connectivity index (χ0n) is 14.2. The van der Waals surface area contributed by atoms with Crippen molar-refractivity contribution in [3.8, 4) is 0 Å². The molecule has 1 spiro atoms. The van der Waals surface area contributed by atoms with Crippen molar-refractivity contribution in [1.29, 1.82) is 0 Å². The molecule has 2 aromatic rings. The van der Waals surface area contributed by atoms with Crippen LogP contribution in [0.25, 0.3) is 0 Å². The average molecular weight is 366 g/mol. The van der Waals surface area contributed by atoms with Crippen molar-refractivity contribution in [3.63, 3.8) is 0 Å². The second-order valence-electron chi connectivity index (χ2n) is 6.80. The van der Waals surface area contributed by atoms with Gasteiger partial charge in [-0.05, 0) is 20.3 Å². The summed E-state index contributed by atoms with van der Waals surface area (Å²) in [5.74, 6) is 0.492. The lowest BCUT2D eigenvalue weighted by Gasteiger charge is -2.50. The summed E-state index contributed by atoms with van der Waals surface area (Å²) in [6.07, 6.45) is 1.10. The van der Waals surface area contributed by atoms with Gasteiger partial charge in [-0.3, -0.25) is 4.90 Å². The molecule has 4 heterocycles. The lowest BCUT2D eigenvalue weighted by Crippen LogP contribution is -2.64. The van der Waals surface area contributed by atoms with Crippen LogP contribution in [0.2, 0.25) is 0 Å². The molecule has 24 heavy (non-hydrogen) atoms. The van der Waals surface area contributed by atoms with E-state index in [0.29, 0.717) is 12.5 Å². The van der Waals surface area contributed by atoms with Crippen LogP contribution in [0, 0.1) is 19.8 Å². The highest BCUT2D eigenvalue weighted by Gasteiger charge is 2.52. The van der Waals surface area contributed by atoms with E-state index in [9.17, 15) is 0 Å². The van der Waals surface area contributed by atoms with Gasteiger partial charge in [0.2, 0.25) is 0 Å². The highest BCUT2D eigenvalue weighted by atomic mass is 32.1. The third-order valence-electron chi connectivity index (χ3n) is 4.84. The molecule has 130 valence electrons. The minimum Gasteiger partial charge on any atom is -0.375 e. The summed E-state index contributed by atoms with van der Waals surface area (Å²) < 4.78 is 12.1. The van der Waals surface area contributed by atoms with Crippen molar-refractivity contribution in [2.45, 2.75) is 39.0 Å². The summed E-state index contributed by atoms with van der Waals surface area (Å²) in [4.78, 5) is 11.4. The zero-order chi connectivity index (χ0) is 16.6. The summed E-state index contributed by atoms with van der Waals surface area (Å²) in [5.41, 5.74) is 2.16. The van der Waals surface area contributed by atoms with Gasteiger partial charge in [0.25, 0.3) is 0 Å². The van der Waals surface area contributed by atoms with Gasteiger partial charge < -0.3 is 9.47 Å². The molecule has 2 saturated heterocycles. The zero-order valence-corrected chi connectivity index (χ0v) is 15.8. The lowest BCUT2D eigenvalue weighted by atomic mass is 9.81. The van der Waals surface area contributed by atoms with Crippen molar-refractivity contribution in [3.05, 3.63) is 32.2 Å². The molecule has 7 heteroatoms. The van der Waals surface area contributed by atoms with E-state index in [4.69, 9.17) is 9.47 Å². The van der Waals surface area contributed by atoms with Crippen molar-refractivity contribution in [1.82, 2.24) is 14.9 Å². The standard InChI is InChI=1S/C17H23N3O2S2/c1-12-8-24-16(18-12)5-20-10-17(11-20)14(3-4-22-17)6-21-7-15-9-23-13(2)19-15/h8-9,14H,3-7,10-11H2,1-2H3/t14-/m0/s1. The van der Waals surface area contributed by atoms with Crippen molar-refractivity contribution < 1.29 is 9.47 Å². The number of rotatable bonds is 6. The number of hydrogen-bond donors (Lipinski definition) is 0. The smallest absolute Gasteiger partial charge is 0.107 e. The molecule has 5 nitrogen and oxygen atoms in total. The summed E-state index contributed by atoms with van der Waals surface area (Å²) in [6.45, 7) is 9.24. The molecule has 0 amide bonds. The van der Waals surface area contributed by atoms with Gasteiger partial charge in [0.1, 0.15) is 5.01 Å². The van der Waals surface area contributed by atoms with Crippen molar-refractivity contribution in [2.75, 3.05) is 26.3 Å². The predicted molar refractivity (Wildman–Crippen MR) is 95.4 cm³/mol. The highest BCUT2D eigenvalue weighted by Crippen LogP contribution is 2.40. The maximum absolute atomic E-state index is 6.12. The van der Waals surface area contributed by atoms with Crippen molar-refractivity contribution in [2.24, 2.45) is 5.92 Å². The first-order valence-corrected chi connectivity index (χ1v) is 10.1. The van der Waals surface area contributed by atoms with Crippen LogP contribution in [0.4, 0.5) is 0 Å². The first kappa shape index (κ1) is 16.6. The molecule has 4 rings (SSSR count). The molecule has 0 N–H and O–H groups in total. The molecular weight excluding hydrogens is 342 g/mol. The fraction of sp³-hybridized carbons (Fsp3) is 0.647. The summed E-state index contributed by atoms with van der Waals surface area (Å²) >= 11 is 3.43. The molecule has 0 bridgehead atoms. The van der Waals surface area contributed by atoms with Crippen LogP contribution in [0.5, 0.6) is 0 Å². The summed E-state index contributed by atoms with van der Waals surface area (Å²) in [7, 11) is 0. The fourth-order valence-electron chi connectivity index (χ4n) is 3.64. The lowest BCUT2D eigenvalue weighted by molar-refractivity contribution is -0.146. The topological polar surface area (TPSA) is 47.5 Å². The summed E-state index contributed by atoms with van der Waals surface area (Å²) in [6, 6.07) is 0. The molecular formula is C17H23N3O2S2. The van der Waals surface area contributed by atoms with Gasteiger partial charge in [0.15, 0.2) is 0 Å². The van der Waals surface area contributed by atoms with E-state index in [1.807, 2.05) is 6.92 Å². The van der Waals surface area contributed by atoms with Crippen LogP contribution in [-0.4, -0.2) is 46.8 Å². The maximum Gasteiger partial charge on any atom is 0.107 e. The van der Waals surface area contributed by atoms with Crippen LogP contribution in [0.15, 0.2) is 10.8 Å². The van der Waals surface area contributed by atoms with E-state index < -0.39 is 0 Å². The van der Waals surface area contributed by atoms with Gasteiger partial charge in [0, 0.05) is 42.1 Å². The number of thiazole rings is 2. The Bertz CT molecular complexity index is 694. The van der Waals surface area contributed by atoms with E-state index in [2.05, 4.69) is 32.6 Å². The number of hydrogen-bond acceptors (Lipinski definition) is 7. The minimum absolute atomic E-state index is 0.00426. The van der Waals surface area contributed by atoms with Gasteiger partial charge in [-0.15, -0.1) is 22.7 Å². The normalized spacial score (nSPS) is 23.0. The first-order valence-electron chi connectivity index (χ1n) is 8.39. The molecule has 2 aliphatic heterocycles. The Kier molecular flexibility index (Phi) is 4.70. The van der Waals surface area contributed by atoms with Gasteiger partial charge in [-0.1, -0.05) is 0 Å². The number of nitrogens with zero attached hydrogens (tertiary/aromatic N) is 3. The van der Waals surface area contributed by atoms with Crippen molar-refractivity contribution >= 4 is 22.7 Å². The van der Waals surface area contributed by atoms with Crippen LogP contribution >= 0.6 is 22.7 Å². The Hall–Kier alpha value is -0.860. The Labute approximate surface area is 150 Å². The van der Waals surface area contributed by atoms with E-state index >= 15 is 0 Å². The third-order valence-corrected chi connectivity index (χ3v) is 6.62. The number of likely N-dealkylation sites (tertiary alicyclic amines) is 1. The van der Waals surface area contributed by atoms with E-state index in [0.717, 1.165) is 55.7 Å². The van der Waals surface area contributed by atoms with Gasteiger partial charge >= 0.3 is 0 Å². The molecule has 2 fully saturated rings. The Morgan fingerprint density at radius 3 is 2.88 bits per heavy atom. The number of aromatic nitrogens is 2. The van der Waals surface area contributed by atoms with Gasteiger partial charge in [0.05, 0.1) is 36.1 Å². The Morgan fingerprint density at radius 2 is 2.17 bits per heavy atom. The van der Waals surface area contributed by atoms with Crippen LogP contribution in [-0.2, 0) is 22.6 Å². The molecule has 2 aliphatic rings. The molecule has 0 aliphatic carbocycles. The quantitative estimate of drug-likeness (QED) is 0.787. The number of ether oxygens (including phenoxy) is 2. The predicted octanol–water partition coefficient (Wildman–Crippen LogP) is 3.02. The van der Waals surface area contributed by atoms with Crippen LogP contribution in [0.1, 0.15) is 27.8 Å². The van der Waals surface area contributed by atoms with Crippen LogP contribution < -0.4 is 0 Å². The SMILES string of the molecule is Cc1csc(CN2CC3(C2)OCC[C@H]3COCc2csc(C)n2)n1. The first-order chi connectivity index (χ1) is 11.6. The van der Waals surface area contributed by atoms with E-state index in [-0.39, 0.29) is 5.60 Å². The van der Waals surface area contributed by atoms with E-state index in [1.54, 1.807) is 22.7 Å².